The molecule has 0 heterocycles. The minimum atomic E-state index is 0.746. The second kappa shape index (κ2) is 4.69. The lowest BCUT2D eigenvalue weighted by molar-refractivity contribution is 0.112. The van der Waals surface area contributed by atoms with E-state index in [4.69, 9.17) is 0 Å². The Labute approximate surface area is 112 Å². The van der Waals surface area contributed by atoms with E-state index in [9.17, 15) is 4.79 Å². The average Bonchev–Trinajstić information content (AvgIpc) is 2.46. The molecule has 0 saturated carbocycles. The summed E-state index contributed by atoms with van der Waals surface area (Å²) in [6.45, 7) is 2.04. The van der Waals surface area contributed by atoms with Crippen LogP contribution in [0, 0.1) is 6.92 Å². The Kier molecular flexibility index (Phi) is 2.88. The predicted octanol–water partition coefficient (Wildman–Crippen LogP) is 4.63. The number of aldehydes is 1. The molecule has 0 aliphatic rings. The van der Waals surface area contributed by atoms with Gasteiger partial charge in [0.1, 0.15) is 0 Å². The van der Waals surface area contributed by atoms with Gasteiger partial charge in [-0.1, -0.05) is 54.6 Å². The van der Waals surface area contributed by atoms with E-state index in [2.05, 4.69) is 30.3 Å². The van der Waals surface area contributed by atoms with E-state index in [1.165, 1.54) is 10.8 Å². The van der Waals surface area contributed by atoms with Crippen LogP contribution < -0.4 is 0 Å². The molecule has 0 radical (unpaired) electrons. The molecule has 0 saturated heterocycles. The van der Waals surface area contributed by atoms with Crippen molar-refractivity contribution in [1.29, 1.82) is 0 Å². The highest BCUT2D eigenvalue weighted by molar-refractivity contribution is 5.93. The Hall–Kier alpha value is -2.41. The van der Waals surface area contributed by atoms with Gasteiger partial charge in [-0.2, -0.15) is 0 Å². The van der Waals surface area contributed by atoms with Crippen LogP contribution in [0.4, 0.5) is 0 Å². The van der Waals surface area contributed by atoms with Gasteiger partial charge in [-0.15, -0.1) is 0 Å². The molecule has 0 spiro atoms. The first-order valence-electron chi connectivity index (χ1n) is 6.33. The molecular weight excluding hydrogens is 232 g/mol. The Bertz CT molecular complexity index is 756. The largest absolute Gasteiger partial charge is 0.298 e. The van der Waals surface area contributed by atoms with E-state index in [0.717, 1.165) is 28.5 Å². The Morgan fingerprint density at radius 3 is 2.42 bits per heavy atom. The second-order valence-corrected chi connectivity index (χ2v) is 4.72. The monoisotopic (exact) mass is 246 g/mol. The second-order valence-electron chi connectivity index (χ2n) is 4.72. The molecule has 0 unspecified atom stereocenters. The van der Waals surface area contributed by atoms with Crippen molar-refractivity contribution >= 4 is 17.1 Å². The summed E-state index contributed by atoms with van der Waals surface area (Å²) in [5.74, 6) is 0. The Morgan fingerprint density at radius 2 is 1.63 bits per heavy atom. The zero-order chi connectivity index (χ0) is 13.2. The van der Waals surface area contributed by atoms with Crippen LogP contribution in [0.3, 0.4) is 0 Å². The van der Waals surface area contributed by atoms with Gasteiger partial charge in [0.15, 0.2) is 6.29 Å². The smallest absolute Gasteiger partial charge is 0.150 e. The van der Waals surface area contributed by atoms with Crippen molar-refractivity contribution in [3.8, 4) is 11.1 Å². The van der Waals surface area contributed by atoms with Crippen LogP contribution in [0.2, 0.25) is 0 Å². The lowest BCUT2D eigenvalue weighted by Gasteiger charge is -2.10. The first kappa shape index (κ1) is 11.7. The molecule has 0 amide bonds. The van der Waals surface area contributed by atoms with Crippen LogP contribution in [-0.2, 0) is 0 Å². The van der Waals surface area contributed by atoms with Gasteiger partial charge in [-0.05, 0) is 40.5 Å². The molecular formula is C18H14O. The molecule has 0 fully saturated rings. The zero-order valence-electron chi connectivity index (χ0n) is 10.8. The van der Waals surface area contributed by atoms with Crippen LogP contribution in [-0.4, -0.2) is 6.29 Å². The molecule has 0 aromatic heterocycles. The molecule has 0 atom stereocenters. The number of carbonyl (C=O) groups excluding carboxylic acids is 1. The fourth-order valence-corrected chi connectivity index (χ4v) is 2.53. The van der Waals surface area contributed by atoms with E-state index in [1.807, 2.05) is 37.3 Å². The minimum Gasteiger partial charge on any atom is -0.298 e. The third-order valence-electron chi connectivity index (χ3n) is 3.47. The summed E-state index contributed by atoms with van der Waals surface area (Å²) < 4.78 is 0. The fraction of sp³-hybridized carbons (Fsp3) is 0.0556. The van der Waals surface area contributed by atoms with Gasteiger partial charge in [-0.25, -0.2) is 0 Å². The van der Waals surface area contributed by atoms with Crippen LogP contribution in [0.25, 0.3) is 21.9 Å². The molecule has 0 bridgehead atoms. The first-order chi connectivity index (χ1) is 9.29. The van der Waals surface area contributed by atoms with E-state index >= 15 is 0 Å². The number of carbonyl (C=O) groups is 1. The van der Waals surface area contributed by atoms with Crippen molar-refractivity contribution in [2.24, 2.45) is 0 Å². The summed E-state index contributed by atoms with van der Waals surface area (Å²) in [6, 6.07) is 20.4. The summed E-state index contributed by atoms with van der Waals surface area (Å²) in [7, 11) is 0. The normalized spacial score (nSPS) is 10.6. The van der Waals surface area contributed by atoms with Crippen molar-refractivity contribution < 1.29 is 4.79 Å². The lowest BCUT2D eigenvalue weighted by Crippen LogP contribution is -1.91. The SMILES string of the molecule is Cc1cccc(C=O)c1-c1ccc2ccccc2c1. The molecule has 3 aromatic rings. The van der Waals surface area contributed by atoms with E-state index in [0.29, 0.717) is 0 Å². The first-order valence-corrected chi connectivity index (χ1v) is 6.33. The van der Waals surface area contributed by atoms with Gasteiger partial charge in [0, 0.05) is 5.56 Å². The van der Waals surface area contributed by atoms with Gasteiger partial charge >= 0.3 is 0 Å². The summed E-state index contributed by atoms with van der Waals surface area (Å²) in [5, 5.41) is 2.41. The fourth-order valence-electron chi connectivity index (χ4n) is 2.53. The van der Waals surface area contributed by atoms with Crippen molar-refractivity contribution in [2.75, 3.05) is 0 Å². The predicted molar refractivity (Wildman–Crippen MR) is 79.5 cm³/mol. The number of fused-ring (bicyclic) bond motifs is 1. The molecule has 19 heavy (non-hydrogen) atoms. The van der Waals surface area contributed by atoms with Gasteiger partial charge in [0.05, 0.1) is 0 Å². The van der Waals surface area contributed by atoms with Gasteiger partial charge < -0.3 is 0 Å². The number of hydrogen-bond donors (Lipinski definition) is 0. The average molecular weight is 246 g/mol. The number of hydrogen-bond acceptors (Lipinski definition) is 1. The molecule has 3 rings (SSSR count). The molecule has 92 valence electrons. The van der Waals surface area contributed by atoms with Crippen molar-refractivity contribution in [2.45, 2.75) is 6.92 Å². The van der Waals surface area contributed by atoms with Crippen molar-refractivity contribution in [3.05, 3.63) is 71.8 Å². The maximum Gasteiger partial charge on any atom is 0.150 e. The third-order valence-corrected chi connectivity index (χ3v) is 3.47. The van der Waals surface area contributed by atoms with E-state index in [1.54, 1.807) is 0 Å². The summed E-state index contributed by atoms with van der Waals surface area (Å²) in [5.41, 5.74) is 4.00. The van der Waals surface area contributed by atoms with Crippen molar-refractivity contribution in [3.63, 3.8) is 0 Å². The molecule has 1 nitrogen and oxygen atoms in total. The van der Waals surface area contributed by atoms with Crippen LogP contribution in [0.5, 0.6) is 0 Å². The van der Waals surface area contributed by atoms with Crippen molar-refractivity contribution in [1.82, 2.24) is 0 Å². The maximum absolute atomic E-state index is 11.2. The maximum atomic E-state index is 11.2. The highest BCUT2D eigenvalue weighted by Gasteiger charge is 2.07. The molecule has 1 heteroatoms. The topological polar surface area (TPSA) is 17.1 Å². The number of rotatable bonds is 2. The number of aryl methyl sites for hydroxylation is 1. The number of benzene rings is 3. The third kappa shape index (κ3) is 2.04. The summed E-state index contributed by atoms with van der Waals surface area (Å²) in [6.07, 6.45) is 0.928. The van der Waals surface area contributed by atoms with Crippen LogP contribution in [0.1, 0.15) is 15.9 Å². The Morgan fingerprint density at radius 1 is 0.842 bits per heavy atom. The summed E-state index contributed by atoms with van der Waals surface area (Å²) >= 11 is 0. The standard InChI is InChI=1S/C18H14O/c1-13-5-4-8-17(12-19)18(13)16-10-9-14-6-2-3-7-15(14)11-16/h2-12H,1H3. The molecule has 0 aliphatic heterocycles. The molecule has 0 aliphatic carbocycles. The minimum absolute atomic E-state index is 0.746. The molecule has 3 aromatic carbocycles. The zero-order valence-corrected chi connectivity index (χ0v) is 10.8. The lowest BCUT2D eigenvalue weighted by atomic mass is 9.94. The molecule has 0 N–H and O–H groups in total. The summed E-state index contributed by atoms with van der Waals surface area (Å²) in [4.78, 5) is 11.2. The highest BCUT2D eigenvalue weighted by atomic mass is 16.1. The van der Waals surface area contributed by atoms with Gasteiger partial charge in [0.25, 0.3) is 0 Å². The van der Waals surface area contributed by atoms with Gasteiger partial charge in [0.2, 0.25) is 0 Å². The highest BCUT2D eigenvalue weighted by Crippen LogP contribution is 2.29. The van der Waals surface area contributed by atoms with E-state index in [-0.39, 0.29) is 0 Å². The Balaban J connectivity index is 2.27. The quantitative estimate of drug-likeness (QED) is 0.602. The van der Waals surface area contributed by atoms with Crippen LogP contribution >= 0.6 is 0 Å². The van der Waals surface area contributed by atoms with Gasteiger partial charge in [-0.3, -0.25) is 4.79 Å². The van der Waals surface area contributed by atoms with E-state index < -0.39 is 0 Å². The van der Waals surface area contributed by atoms with Crippen LogP contribution in [0.15, 0.2) is 60.7 Å².